The van der Waals surface area contributed by atoms with Gasteiger partial charge in [-0.2, -0.15) is 0 Å². The van der Waals surface area contributed by atoms with Crippen molar-refractivity contribution >= 4 is 22.9 Å². The molecule has 2 atom stereocenters. The van der Waals surface area contributed by atoms with E-state index < -0.39 is 39.5 Å². The number of cyclic esters (lactones) is 1. The van der Waals surface area contributed by atoms with Gasteiger partial charge in [-0.25, -0.2) is 18.5 Å². The number of ether oxygens (including phenoxy) is 3. The lowest BCUT2D eigenvalue weighted by atomic mass is 10.1. The Labute approximate surface area is 139 Å². The van der Waals surface area contributed by atoms with Gasteiger partial charge in [0.1, 0.15) is 11.3 Å². The SMILES string of the molecule is CCOC(=O)[C@H](N[S@](=O)C(C)(C)C)C1=C(C)OC(C)(C)OC1=O. The van der Waals surface area contributed by atoms with E-state index in [0.29, 0.717) is 0 Å². The summed E-state index contributed by atoms with van der Waals surface area (Å²) in [5.74, 6) is -2.29. The number of nitrogens with one attached hydrogen (secondary N) is 1. The van der Waals surface area contributed by atoms with Gasteiger partial charge in [-0.05, 0) is 34.6 Å². The number of allylic oxidation sites excluding steroid dienone is 1. The third-order valence-corrected chi connectivity index (χ3v) is 4.49. The molecular weight excluding hydrogens is 322 g/mol. The van der Waals surface area contributed by atoms with Crippen molar-refractivity contribution in [3.8, 4) is 0 Å². The fourth-order valence-electron chi connectivity index (χ4n) is 1.92. The van der Waals surface area contributed by atoms with Crippen LogP contribution in [0.3, 0.4) is 0 Å². The molecule has 0 bridgehead atoms. The Morgan fingerprint density at radius 1 is 1.35 bits per heavy atom. The molecule has 0 fully saturated rings. The van der Waals surface area contributed by atoms with Crippen LogP contribution in [0.4, 0.5) is 0 Å². The van der Waals surface area contributed by atoms with Crippen molar-refractivity contribution in [2.75, 3.05) is 6.61 Å². The molecule has 132 valence electrons. The zero-order chi connectivity index (χ0) is 18.0. The van der Waals surface area contributed by atoms with E-state index in [1.807, 2.05) is 0 Å². The molecule has 0 aromatic rings. The van der Waals surface area contributed by atoms with Crippen molar-refractivity contribution in [3.63, 3.8) is 0 Å². The molecule has 1 rings (SSSR count). The fourth-order valence-corrected chi connectivity index (χ4v) is 2.70. The Balaban J connectivity index is 3.22. The lowest BCUT2D eigenvalue weighted by molar-refractivity contribution is -0.208. The van der Waals surface area contributed by atoms with Crippen molar-refractivity contribution in [1.29, 1.82) is 0 Å². The molecule has 0 aromatic heterocycles. The average Bonchev–Trinajstić information content (AvgIpc) is 2.33. The number of hydrogen-bond acceptors (Lipinski definition) is 6. The zero-order valence-electron chi connectivity index (χ0n) is 14.6. The van der Waals surface area contributed by atoms with Crippen LogP contribution in [0.5, 0.6) is 0 Å². The highest BCUT2D eigenvalue weighted by molar-refractivity contribution is 7.84. The predicted molar refractivity (Wildman–Crippen MR) is 85.4 cm³/mol. The van der Waals surface area contributed by atoms with E-state index in [1.54, 1.807) is 48.5 Å². The number of esters is 2. The van der Waals surface area contributed by atoms with E-state index in [2.05, 4.69) is 4.72 Å². The summed E-state index contributed by atoms with van der Waals surface area (Å²) in [4.78, 5) is 24.5. The molecule has 0 aliphatic carbocycles. The van der Waals surface area contributed by atoms with Gasteiger partial charge in [0.25, 0.3) is 0 Å². The first kappa shape index (κ1) is 19.6. The summed E-state index contributed by atoms with van der Waals surface area (Å²) in [6.45, 7) is 11.8. The minimum absolute atomic E-state index is 0.0274. The number of hydrogen-bond donors (Lipinski definition) is 1. The summed E-state index contributed by atoms with van der Waals surface area (Å²) < 4.78 is 30.1. The maximum Gasteiger partial charge on any atom is 0.342 e. The van der Waals surface area contributed by atoms with Gasteiger partial charge in [0, 0.05) is 13.8 Å². The van der Waals surface area contributed by atoms with Crippen molar-refractivity contribution in [2.24, 2.45) is 0 Å². The molecule has 7 nitrogen and oxygen atoms in total. The smallest absolute Gasteiger partial charge is 0.342 e. The van der Waals surface area contributed by atoms with E-state index in [9.17, 15) is 13.8 Å². The van der Waals surface area contributed by atoms with Crippen LogP contribution in [0.2, 0.25) is 0 Å². The molecule has 1 aliphatic rings. The van der Waals surface area contributed by atoms with Gasteiger partial charge < -0.3 is 14.2 Å². The van der Waals surface area contributed by atoms with Gasteiger partial charge in [0.2, 0.25) is 5.79 Å². The minimum atomic E-state index is -1.59. The molecule has 0 saturated heterocycles. The molecule has 0 aromatic carbocycles. The Hall–Kier alpha value is -1.41. The molecule has 23 heavy (non-hydrogen) atoms. The van der Waals surface area contributed by atoms with Gasteiger partial charge in [-0.1, -0.05) is 0 Å². The van der Waals surface area contributed by atoms with Crippen LogP contribution in [0, 0.1) is 0 Å². The van der Waals surface area contributed by atoms with Crippen molar-refractivity contribution in [3.05, 3.63) is 11.3 Å². The summed E-state index contributed by atoms with van der Waals surface area (Å²) in [6, 6.07) is -1.22. The Morgan fingerprint density at radius 3 is 2.35 bits per heavy atom. The van der Waals surface area contributed by atoms with Crippen LogP contribution in [-0.2, 0) is 34.8 Å². The highest BCUT2D eigenvalue weighted by atomic mass is 32.2. The third kappa shape index (κ3) is 5.04. The van der Waals surface area contributed by atoms with Crippen molar-refractivity contribution in [2.45, 2.75) is 65.0 Å². The van der Waals surface area contributed by atoms with Crippen molar-refractivity contribution < 1.29 is 28.0 Å². The highest BCUT2D eigenvalue weighted by Crippen LogP contribution is 2.29. The molecule has 1 N–H and O–H groups in total. The van der Waals surface area contributed by atoms with Crippen LogP contribution in [0.25, 0.3) is 0 Å². The normalized spacial score (nSPS) is 20.4. The van der Waals surface area contributed by atoms with Gasteiger partial charge in [-0.15, -0.1) is 0 Å². The maximum absolute atomic E-state index is 12.3. The van der Waals surface area contributed by atoms with Crippen LogP contribution in [0.15, 0.2) is 11.3 Å². The van der Waals surface area contributed by atoms with Crippen LogP contribution in [0.1, 0.15) is 48.5 Å². The van der Waals surface area contributed by atoms with Gasteiger partial charge in [-0.3, -0.25) is 0 Å². The van der Waals surface area contributed by atoms with E-state index in [0.717, 1.165) is 0 Å². The summed E-state index contributed by atoms with van der Waals surface area (Å²) in [6.07, 6.45) is 0. The number of carbonyl (C=O) groups excluding carboxylic acids is 2. The molecule has 0 unspecified atom stereocenters. The lowest BCUT2D eigenvalue weighted by Crippen LogP contribution is -2.50. The standard InChI is InChI=1S/C15H25NO6S/c1-8-20-13(18)11(16-23(19)14(3,4)5)10-9(2)21-15(6,7)22-12(10)17/h11,16H,8H2,1-7H3/t11-,23-/m1/s1. The summed E-state index contributed by atoms with van der Waals surface area (Å²) >= 11 is 0. The van der Waals surface area contributed by atoms with Crippen LogP contribution >= 0.6 is 0 Å². The van der Waals surface area contributed by atoms with Crippen molar-refractivity contribution in [1.82, 2.24) is 4.72 Å². The van der Waals surface area contributed by atoms with E-state index in [4.69, 9.17) is 14.2 Å². The first-order valence-corrected chi connectivity index (χ1v) is 8.52. The second-order valence-corrected chi connectivity index (χ2v) is 8.54. The molecule has 0 saturated carbocycles. The molecule has 0 amide bonds. The molecule has 0 radical (unpaired) electrons. The van der Waals surface area contributed by atoms with Crippen LogP contribution in [-0.4, -0.2) is 39.3 Å². The largest absolute Gasteiger partial charge is 0.465 e. The summed E-state index contributed by atoms with van der Waals surface area (Å²) in [5.41, 5.74) is -0.0274. The maximum atomic E-state index is 12.3. The first-order valence-electron chi connectivity index (χ1n) is 7.37. The monoisotopic (exact) mass is 347 g/mol. The Kier molecular flexibility index (Phi) is 5.98. The summed E-state index contributed by atoms with van der Waals surface area (Å²) in [7, 11) is -1.59. The van der Waals surface area contributed by atoms with E-state index in [-0.39, 0.29) is 17.9 Å². The fraction of sp³-hybridized carbons (Fsp3) is 0.733. The molecule has 1 aliphatic heterocycles. The quantitative estimate of drug-likeness (QED) is 0.759. The summed E-state index contributed by atoms with van der Waals surface area (Å²) in [5, 5.41) is 0. The average molecular weight is 347 g/mol. The second kappa shape index (κ2) is 7.00. The number of carbonyl (C=O) groups is 2. The Bertz CT molecular complexity index is 547. The second-order valence-electron chi connectivity index (χ2n) is 6.55. The molecule has 0 spiro atoms. The van der Waals surface area contributed by atoms with Gasteiger partial charge >= 0.3 is 11.9 Å². The lowest BCUT2D eigenvalue weighted by Gasteiger charge is -2.34. The highest BCUT2D eigenvalue weighted by Gasteiger charge is 2.42. The Morgan fingerprint density at radius 2 is 1.91 bits per heavy atom. The zero-order valence-corrected chi connectivity index (χ0v) is 15.5. The van der Waals surface area contributed by atoms with Gasteiger partial charge in [0.05, 0.1) is 22.3 Å². The first-order chi connectivity index (χ1) is 10.4. The topological polar surface area (TPSA) is 90.9 Å². The van der Waals surface area contributed by atoms with E-state index in [1.165, 1.54) is 0 Å². The molecule has 8 heteroatoms. The third-order valence-electron chi connectivity index (χ3n) is 2.93. The molecular formula is C15H25NO6S. The molecule has 1 heterocycles. The van der Waals surface area contributed by atoms with E-state index >= 15 is 0 Å². The number of rotatable bonds is 5. The van der Waals surface area contributed by atoms with Gasteiger partial charge in [0.15, 0.2) is 6.04 Å². The predicted octanol–water partition coefficient (Wildman–Crippen LogP) is 1.55. The minimum Gasteiger partial charge on any atom is -0.465 e. The van der Waals surface area contributed by atoms with Crippen LogP contribution < -0.4 is 4.72 Å².